The molecule has 15 heavy (non-hydrogen) atoms. The number of sulfonamides is 1. The highest BCUT2D eigenvalue weighted by atomic mass is 32.2. The third-order valence-electron chi connectivity index (χ3n) is 1.54. The maximum absolute atomic E-state index is 11.3. The number of rotatable bonds is 5. The molecule has 9 heteroatoms. The first-order valence-electron chi connectivity index (χ1n) is 3.83. The minimum atomic E-state index is -3.81. The molecule has 84 valence electrons. The van der Waals surface area contributed by atoms with Crippen LogP contribution in [-0.2, 0) is 14.8 Å². The van der Waals surface area contributed by atoms with Gasteiger partial charge >= 0.3 is 5.97 Å². The Morgan fingerprint density at radius 1 is 1.67 bits per heavy atom. The van der Waals surface area contributed by atoms with E-state index in [2.05, 4.69) is 10.2 Å². The van der Waals surface area contributed by atoms with Gasteiger partial charge in [0.2, 0.25) is 10.0 Å². The molecule has 8 nitrogen and oxygen atoms in total. The second-order valence-corrected chi connectivity index (χ2v) is 4.41. The van der Waals surface area contributed by atoms with Gasteiger partial charge in [-0.1, -0.05) is 0 Å². The molecular formula is C6H9N3O5S. The average Bonchev–Trinajstić information content (AvgIpc) is 2.67. The lowest BCUT2D eigenvalue weighted by atomic mass is 10.4. The molecule has 0 unspecified atom stereocenters. The summed E-state index contributed by atoms with van der Waals surface area (Å²) in [6, 6.07) is 0. The minimum absolute atomic E-state index is 0.125. The number of carbonyl (C=O) groups is 1. The van der Waals surface area contributed by atoms with Crippen LogP contribution in [-0.4, -0.2) is 47.4 Å². The van der Waals surface area contributed by atoms with Crippen molar-refractivity contribution in [2.45, 2.75) is 11.0 Å². The van der Waals surface area contributed by atoms with Crippen LogP contribution in [0.2, 0.25) is 0 Å². The Balaban J connectivity index is 2.63. The summed E-state index contributed by atoms with van der Waals surface area (Å²) in [5, 5.41) is 22.9. The molecule has 0 aliphatic rings. The highest BCUT2D eigenvalue weighted by Crippen LogP contribution is 2.03. The van der Waals surface area contributed by atoms with Crippen molar-refractivity contribution < 1.29 is 23.4 Å². The number of aromatic amines is 1. The van der Waals surface area contributed by atoms with Crippen LogP contribution in [0.25, 0.3) is 0 Å². The fourth-order valence-electron chi connectivity index (χ4n) is 0.745. The van der Waals surface area contributed by atoms with Gasteiger partial charge in [-0.25, -0.2) is 17.9 Å². The lowest BCUT2D eigenvalue weighted by Crippen LogP contribution is -2.36. The van der Waals surface area contributed by atoms with Crippen molar-refractivity contribution in [2.75, 3.05) is 6.54 Å². The van der Waals surface area contributed by atoms with Crippen LogP contribution in [0.3, 0.4) is 0 Å². The fourth-order valence-corrected chi connectivity index (χ4v) is 1.69. The molecule has 4 N–H and O–H groups in total. The highest BCUT2D eigenvalue weighted by Gasteiger charge is 2.19. The van der Waals surface area contributed by atoms with Gasteiger partial charge in [0.15, 0.2) is 6.10 Å². The van der Waals surface area contributed by atoms with Crippen LogP contribution in [0, 0.1) is 0 Å². The van der Waals surface area contributed by atoms with E-state index in [1.807, 2.05) is 4.72 Å². The number of nitrogens with zero attached hydrogens (tertiary/aromatic N) is 1. The topological polar surface area (TPSA) is 132 Å². The zero-order valence-electron chi connectivity index (χ0n) is 7.41. The largest absolute Gasteiger partial charge is 0.479 e. The second-order valence-electron chi connectivity index (χ2n) is 2.64. The Bertz CT molecular complexity index is 426. The van der Waals surface area contributed by atoms with Crippen molar-refractivity contribution in [2.24, 2.45) is 0 Å². The van der Waals surface area contributed by atoms with Crippen molar-refractivity contribution in [3.63, 3.8) is 0 Å². The Labute approximate surface area is 85.0 Å². The van der Waals surface area contributed by atoms with Crippen LogP contribution in [0.5, 0.6) is 0 Å². The molecule has 1 heterocycles. The average molecular weight is 235 g/mol. The molecule has 0 aliphatic carbocycles. The predicted octanol–water partition coefficient (Wildman–Crippen LogP) is -1.87. The monoisotopic (exact) mass is 235 g/mol. The normalized spacial score (nSPS) is 13.7. The summed E-state index contributed by atoms with van der Waals surface area (Å²) in [5.74, 6) is -1.50. The third-order valence-corrected chi connectivity index (χ3v) is 2.93. The number of nitrogens with one attached hydrogen (secondary N) is 2. The number of aliphatic carboxylic acids is 1. The standard InChI is InChI=1S/C6H9N3O5S/c10-5(6(11)12)3-9-15(13,14)4-1-7-8-2-4/h1-2,5,9-10H,3H2,(H,7,8)(H,11,12)/t5-/m0/s1. The van der Waals surface area contributed by atoms with Crippen molar-refractivity contribution in [3.05, 3.63) is 12.4 Å². The molecule has 0 aromatic carbocycles. The van der Waals surface area contributed by atoms with Crippen LogP contribution < -0.4 is 4.72 Å². The number of hydrogen-bond acceptors (Lipinski definition) is 5. The Kier molecular flexibility index (Phi) is 3.39. The van der Waals surface area contributed by atoms with E-state index in [0.717, 1.165) is 12.4 Å². The van der Waals surface area contributed by atoms with Gasteiger partial charge < -0.3 is 10.2 Å². The maximum Gasteiger partial charge on any atom is 0.333 e. The lowest BCUT2D eigenvalue weighted by molar-refractivity contribution is -0.146. The lowest BCUT2D eigenvalue weighted by Gasteiger charge is -2.06. The van der Waals surface area contributed by atoms with Crippen LogP contribution in [0.4, 0.5) is 0 Å². The first kappa shape index (κ1) is 11.6. The molecule has 0 fully saturated rings. The zero-order valence-corrected chi connectivity index (χ0v) is 8.23. The third kappa shape index (κ3) is 3.01. The molecule has 0 radical (unpaired) electrons. The second kappa shape index (κ2) is 4.38. The van der Waals surface area contributed by atoms with Crippen LogP contribution in [0.1, 0.15) is 0 Å². The van der Waals surface area contributed by atoms with Gasteiger partial charge in [0.1, 0.15) is 4.90 Å². The molecule has 0 saturated heterocycles. The molecule has 1 aromatic rings. The van der Waals surface area contributed by atoms with Crippen LogP contribution in [0.15, 0.2) is 17.3 Å². The summed E-state index contributed by atoms with van der Waals surface area (Å²) in [5.41, 5.74) is 0. The molecule has 1 atom stereocenters. The van der Waals surface area contributed by atoms with E-state index in [1.54, 1.807) is 0 Å². The number of aliphatic hydroxyl groups excluding tert-OH is 1. The first-order chi connectivity index (χ1) is 6.93. The Morgan fingerprint density at radius 3 is 2.80 bits per heavy atom. The van der Waals surface area contributed by atoms with Gasteiger partial charge in [-0.3, -0.25) is 5.10 Å². The summed E-state index contributed by atoms with van der Waals surface area (Å²) < 4.78 is 24.6. The predicted molar refractivity (Wildman–Crippen MR) is 47.4 cm³/mol. The molecule has 0 bridgehead atoms. The van der Waals surface area contributed by atoms with Gasteiger partial charge in [-0.15, -0.1) is 0 Å². The summed E-state index contributed by atoms with van der Waals surface area (Å²) in [7, 11) is -3.81. The van der Waals surface area contributed by atoms with Crippen molar-refractivity contribution >= 4 is 16.0 Å². The van der Waals surface area contributed by atoms with Crippen molar-refractivity contribution in [1.29, 1.82) is 0 Å². The molecule has 0 amide bonds. The number of carboxylic acids is 1. The maximum atomic E-state index is 11.3. The summed E-state index contributed by atoms with van der Waals surface area (Å²) in [6.45, 7) is -0.594. The van der Waals surface area contributed by atoms with E-state index in [-0.39, 0.29) is 4.90 Å². The number of hydrogen-bond donors (Lipinski definition) is 4. The van der Waals surface area contributed by atoms with Gasteiger partial charge in [-0.05, 0) is 0 Å². The van der Waals surface area contributed by atoms with E-state index in [0.29, 0.717) is 0 Å². The molecule has 1 rings (SSSR count). The van der Waals surface area contributed by atoms with Gasteiger partial charge in [0, 0.05) is 12.7 Å². The van der Waals surface area contributed by atoms with Gasteiger partial charge in [0.05, 0.1) is 6.20 Å². The zero-order chi connectivity index (χ0) is 11.5. The van der Waals surface area contributed by atoms with Crippen molar-refractivity contribution in [1.82, 2.24) is 14.9 Å². The van der Waals surface area contributed by atoms with Gasteiger partial charge in [-0.2, -0.15) is 5.10 Å². The van der Waals surface area contributed by atoms with E-state index in [9.17, 15) is 13.2 Å². The Hall–Kier alpha value is -1.45. The smallest absolute Gasteiger partial charge is 0.333 e. The summed E-state index contributed by atoms with van der Waals surface area (Å²) >= 11 is 0. The highest BCUT2D eigenvalue weighted by molar-refractivity contribution is 7.89. The SMILES string of the molecule is O=C(O)[C@@H](O)CNS(=O)(=O)c1cn[nH]c1. The molecule has 0 spiro atoms. The number of aliphatic hydroxyl groups is 1. The van der Waals surface area contributed by atoms with Gasteiger partial charge in [0.25, 0.3) is 0 Å². The molecule has 1 aromatic heterocycles. The fraction of sp³-hybridized carbons (Fsp3) is 0.333. The number of carboxylic acid groups (broad SMARTS) is 1. The Morgan fingerprint density at radius 2 is 2.33 bits per heavy atom. The van der Waals surface area contributed by atoms with E-state index >= 15 is 0 Å². The molecule has 0 aliphatic heterocycles. The first-order valence-corrected chi connectivity index (χ1v) is 5.31. The van der Waals surface area contributed by atoms with Crippen molar-refractivity contribution in [3.8, 4) is 0 Å². The summed E-state index contributed by atoms with van der Waals surface area (Å²) in [4.78, 5) is 10.1. The van der Waals surface area contributed by atoms with Crippen LogP contribution >= 0.6 is 0 Å². The van der Waals surface area contributed by atoms with E-state index in [4.69, 9.17) is 10.2 Å². The quantitative estimate of drug-likeness (QED) is 0.472. The molecule has 0 saturated carbocycles. The number of aromatic nitrogens is 2. The van der Waals surface area contributed by atoms with E-state index in [1.165, 1.54) is 0 Å². The number of H-pyrrole nitrogens is 1. The van der Waals surface area contributed by atoms with E-state index < -0.39 is 28.6 Å². The molecular weight excluding hydrogens is 226 g/mol. The summed E-state index contributed by atoms with van der Waals surface area (Å²) in [6.07, 6.45) is 0.428. The minimum Gasteiger partial charge on any atom is -0.479 e.